The van der Waals surface area contributed by atoms with E-state index in [0.29, 0.717) is 23.4 Å². The molecule has 4 rings (SSSR count). The van der Waals surface area contributed by atoms with Crippen molar-refractivity contribution in [2.45, 2.75) is 55.5 Å². The van der Waals surface area contributed by atoms with E-state index in [1.54, 1.807) is 11.8 Å². The molecule has 0 N–H and O–H groups in total. The van der Waals surface area contributed by atoms with Crippen molar-refractivity contribution in [3.05, 3.63) is 54.7 Å². The Bertz CT molecular complexity index is 883. The number of benzene rings is 1. The summed E-state index contributed by atoms with van der Waals surface area (Å²) >= 11 is 1.58. The van der Waals surface area contributed by atoms with Crippen molar-refractivity contribution in [2.75, 3.05) is 0 Å². The first kappa shape index (κ1) is 18.0. The van der Waals surface area contributed by atoms with E-state index >= 15 is 0 Å². The van der Waals surface area contributed by atoms with Crippen LogP contribution in [-0.4, -0.2) is 24.9 Å². The van der Waals surface area contributed by atoms with Crippen molar-refractivity contribution in [1.29, 1.82) is 0 Å². The first-order valence-electron chi connectivity index (χ1n) is 9.40. The summed E-state index contributed by atoms with van der Waals surface area (Å²) in [6, 6.07) is 9.84. The van der Waals surface area contributed by atoms with Crippen molar-refractivity contribution in [2.24, 2.45) is 0 Å². The van der Waals surface area contributed by atoms with Crippen molar-refractivity contribution >= 4 is 11.8 Å². The van der Waals surface area contributed by atoms with Crippen molar-refractivity contribution in [3.8, 4) is 11.4 Å². The van der Waals surface area contributed by atoms with Crippen LogP contribution in [0.1, 0.15) is 49.7 Å². The van der Waals surface area contributed by atoms with Gasteiger partial charge in [0.15, 0.2) is 5.16 Å². The van der Waals surface area contributed by atoms with Gasteiger partial charge in [0.25, 0.3) is 0 Å². The first-order valence-corrected chi connectivity index (χ1v) is 10.4. The van der Waals surface area contributed by atoms with Gasteiger partial charge in [0.2, 0.25) is 11.7 Å². The van der Waals surface area contributed by atoms with Crippen LogP contribution in [0.15, 0.2) is 52.7 Å². The number of nitrogens with zero attached hydrogens (tertiary/aromatic N) is 5. The number of hydrogen-bond acceptors (Lipinski definition) is 6. The Balaban J connectivity index is 1.47. The largest absolute Gasteiger partial charge is 0.338 e. The zero-order valence-electron chi connectivity index (χ0n) is 15.3. The zero-order chi connectivity index (χ0) is 18.5. The Labute approximate surface area is 163 Å². The van der Waals surface area contributed by atoms with Crippen LogP contribution in [0.2, 0.25) is 0 Å². The van der Waals surface area contributed by atoms with Gasteiger partial charge >= 0.3 is 0 Å². The lowest BCUT2D eigenvalue weighted by Crippen LogP contribution is -2.12. The Morgan fingerprint density at radius 1 is 1.15 bits per heavy atom. The zero-order valence-corrected chi connectivity index (χ0v) is 16.1. The van der Waals surface area contributed by atoms with Gasteiger partial charge in [-0.2, -0.15) is 4.98 Å². The highest BCUT2D eigenvalue weighted by molar-refractivity contribution is 7.98. The van der Waals surface area contributed by atoms with Gasteiger partial charge in [-0.1, -0.05) is 72.6 Å². The van der Waals surface area contributed by atoms with Gasteiger partial charge in [-0.3, -0.25) is 0 Å². The minimum absolute atomic E-state index is 0.508. The number of rotatable bonds is 7. The standard InChI is InChI=1S/C20H23N5OS/c1-2-13-25-19(16-11-7-4-8-12-16)22-23-20(25)27-14-17-21-18(24-26-17)15-9-5-3-6-10-15/h2-3,5-6,9-10,16H,1,4,7-8,11-14H2. The number of hydrogen-bond donors (Lipinski definition) is 0. The van der Waals surface area contributed by atoms with E-state index in [1.807, 2.05) is 36.4 Å². The molecule has 27 heavy (non-hydrogen) atoms. The fourth-order valence-corrected chi connectivity index (χ4v) is 4.31. The molecule has 0 amide bonds. The summed E-state index contributed by atoms with van der Waals surface area (Å²) in [5.41, 5.74) is 0.951. The average molecular weight is 382 g/mol. The summed E-state index contributed by atoms with van der Waals surface area (Å²) in [5.74, 6) is 3.37. The maximum atomic E-state index is 5.40. The minimum atomic E-state index is 0.508. The smallest absolute Gasteiger partial charge is 0.237 e. The molecule has 0 radical (unpaired) electrons. The second kappa shape index (κ2) is 8.52. The maximum absolute atomic E-state index is 5.40. The van der Waals surface area contributed by atoms with Gasteiger partial charge in [0.1, 0.15) is 5.82 Å². The molecule has 1 fully saturated rings. The Hall–Kier alpha value is -2.41. The van der Waals surface area contributed by atoms with E-state index in [4.69, 9.17) is 4.52 Å². The van der Waals surface area contributed by atoms with Crippen molar-refractivity contribution < 1.29 is 4.52 Å². The van der Waals surface area contributed by atoms with Gasteiger partial charge in [-0.25, -0.2) is 0 Å². The molecule has 0 spiro atoms. The maximum Gasteiger partial charge on any atom is 0.237 e. The molecule has 0 saturated heterocycles. The topological polar surface area (TPSA) is 69.6 Å². The van der Waals surface area contributed by atoms with E-state index in [9.17, 15) is 0 Å². The van der Waals surface area contributed by atoms with E-state index in [2.05, 4.69) is 31.5 Å². The van der Waals surface area contributed by atoms with Crippen LogP contribution in [0.4, 0.5) is 0 Å². The molecule has 3 aromatic rings. The summed E-state index contributed by atoms with van der Waals surface area (Å²) in [6.45, 7) is 4.61. The third-order valence-electron chi connectivity index (χ3n) is 4.85. The Morgan fingerprint density at radius 2 is 1.96 bits per heavy atom. The second-order valence-corrected chi connectivity index (χ2v) is 7.68. The van der Waals surface area contributed by atoms with Crippen LogP contribution in [0, 0.1) is 0 Å². The van der Waals surface area contributed by atoms with E-state index in [1.165, 1.54) is 32.1 Å². The van der Waals surface area contributed by atoms with Crippen LogP contribution in [0.5, 0.6) is 0 Å². The predicted molar refractivity (Wildman–Crippen MR) is 105 cm³/mol. The number of aromatic nitrogens is 5. The van der Waals surface area contributed by atoms with E-state index < -0.39 is 0 Å². The molecule has 0 aliphatic heterocycles. The van der Waals surface area contributed by atoms with E-state index in [-0.39, 0.29) is 0 Å². The van der Waals surface area contributed by atoms with Gasteiger partial charge < -0.3 is 9.09 Å². The molecular weight excluding hydrogens is 358 g/mol. The van der Waals surface area contributed by atoms with Crippen LogP contribution in [0.25, 0.3) is 11.4 Å². The summed E-state index contributed by atoms with van der Waals surface area (Å²) in [6.07, 6.45) is 8.18. The highest BCUT2D eigenvalue weighted by atomic mass is 32.2. The van der Waals surface area contributed by atoms with Crippen LogP contribution in [-0.2, 0) is 12.3 Å². The highest BCUT2D eigenvalue weighted by Gasteiger charge is 2.23. The van der Waals surface area contributed by atoms with Gasteiger partial charge in [-0.15, -0.1) is 16.8 Å². The molecule has 0 bridgehead atoms. The molecule has 1 aromatic carbocycles. The molecule has 7 heteroatoms. The molecule has 2 aromatic heterocycles. The molecular formula is C20H23N5OS. The number of thioether (sulfide) groups is 1. The normalized spacial score (nSPS) is 15.1. The molecule has 140 valence electrons. The lowest BCUT2D eigenvalue weighted by Gasteiger charge is -2.21. The Morgan fingerprint density at radius 3 is 2.74 bits per heavy atom. The summed E-state index contributed by atoms with van der Waals surface area (Å²) in [4.78, 5) is 4.49. The van der Waals surface area contributed by atoms with Crippen LogP contribution in [0.3, 0.4) is 0 Å². The third-order valence-corrected chi connectivity index (χ3v) is 5.80. The minimum Gasteiger partial charge on any atom is -0.338 e. The summed E-state index contributed by atoms with van der Waals surface area (Å²) in [5, 5.41) is 13.9. The second-order valence-electron chi connectivity index (χ2n) is 6.74. The first-order chi connectivity index (χ1) is 13.3. The van der Waals surface area contributed by atoms with Crippen LogP contribution >= 0.6 is 11.8 Å². The fourth-order valence-electron chi connectivity index (χ4n) is 3.51. The third kappa shape index (κ3) is 4.13. The summed E-state index contributed by atoms with van der Waals surface area (Å²) in [7, 11) is 0. The molecule has 2 heterocycles. The monoisotopic (exact) mass is 381 g/mol. The molecule has 1 aliphatic carbocycles. The molecule has 0 unspecified atom stereocenters. The predicted octanol–water partition coefficient (Wildman–Crippen LogP) is 4.85. The molecule has 0 atom stereocenters. The summed E-state index contributed by atoms with van der Waals surface area (Å²) < 4.78 is 7.59. The van der Waals surface area contributed by atoms with Crippen molar-refractivity contribution in [3.63, 3.8) is 0 Å². The fraction of sp³-hybridized carbons (Fsp3) is 0.400. The quantitative estimate of drug-likeness (QED) is 0.430. The SMILES string of the molecule is C=CCn1c(SCc2nc(-c3ccccc3)no2)nnc1C1CCCCC1. The average Bonchev–Trinajstić information content (AvgIpc) is 3.35. The lowest BCUT2D eigenvalue weighted by atomic mass is 9.89. The van der Waals surface area contributed by atoms with Gasteiger partial charge in [0.05, 0.1) is 5.75 Å². The van der Waals surface area contributed by atoms with Gasteiger partial charge in [-0.05, 0) is 12.8 Å². The number of allylic oxidation sites excluding steroid dienone is 1. The lowest BCUT2D eigenvalue weighted by molar-refractivity contribution is 0.391. The highest BCUT2D eigenvalue weighted by Crippen LogP contribution is 2.33. The molecule has 1 saturated carbocycles. The van der Waals surface area contributed by atoms with Gasteiger partial charge in [0, 0.05) is 18.0 Å². The van der Waals surface area contributed by atoms with Crippen LogP contribution < -0.4 is 0 Å². The Kier molecular flexibility index (Phi) is 5.67. The molecule has 1 aliphatic rings. The van der Waals surface area contributed by atoms with Crippen molar-refractivity contribution in [1.82, 2.24) is 24.9 Å². The molecule has 6 nitrogen and oxygen atoms in total. The van der Waals surface area contributed by atoms with E-state index in [0.717, 1.165) is 23.1 Å².